The Morgan fingerprint density at radius 2 is 1.76 bits per heavy atom. The quantitative estimate of drug-likeness (QED) is 0.509. The van der Waals surface area contributed by atoms with Gasteiger partial charge in [-0.15, -0.1) is 0 Å². The fourth-order valence-corrected chi connectivity index (χ4v) is 4.72. The van der Waals surface area contributed by atoms with Crippen LogP contribution in [0.25, 0.3) is 0 Å². The number of rotatable bonds is 7. The second kappa shape index (κ2) is 9.97. The maximum Gasteiger partial charge on any atom is 0.175 e. The van der Waals surface area contributed by atoms with Gasteiger partial charge in [0.25, 0.3) is 0 Å². The normalized spacial score (nSPS) is 14.9. The van der Waals surface area contributed by atoms with Gasteiger partial charge in [0.1, 0.15) is 29.5 Å². The zero-order chi connectivity index (χ0) is 24.3. The number of hydrogen-bond donors (Lipinski definition) is 1. The van der Waals surface area contributed by atoms with Crippen LogP contribution in [0.3, 0.4) is 0 Å². The molecule has 34 heavy (non-hydrogen) atoms. The topological polar surface area (TPSA) is 84.4 Å². The van der Waals surface area contributed by atoms with E-state index in [0.29, 0.717) is 11.7 Å². The molecule has 9 heteroatoms. The Morgan fingerprint density at radius 3 is 2.38 bits per heavy atom. The third-order valence-electron chi connectivity index (χ3n) is 5.83. The van der Waals surface area contributed by atoms with Crippen molar-refractivity contribution < 1.29 is 17.5 Å². The van der Waals surface area contributed by atoms with Gasteiger partial charge in [-0.1, -0.05) is 12.1 Å². The van der Waals surface area contributed by atoms with E-state index in [9.17, 15) is 12.8 Å². The van der Waals surface area contributed by atoms with Gasteiger partial charge in [0.2, 0.25) is 0 Å². The van der Waals surface area contributed by atoms with Crippen molar-refractivity contribution in [3.8, 4) is 5.75 Å². The van der Waals surface area contributed by atoms with Gasteiger partial charge in [0, 0.05) is 25.4 Å². The first-order chi connectivity index (χ1) is 16.2. The maximum absolute atomic E-state index is 14.4. The number of sulfone groups is 1. The highest BCUT2D eigenvalue weighted by Crippen LogP contribution is 2.32. The fourth-order valence-electron chi connectivity index (χ4n) is 4.09. The molecule has 0 spiro atoms. The van der Waals surface area contributed by atoms with Crippen LogP contribution in [0.15, 0.2) is 59.8 Å². The Bertz CT molecular complexity index is 1240. The summed E-state index contributed by atoms with van der Waals surface area (Å²) in [5.41, 5.74) is 1.47. The summed E-state index contributed by atoms with van der Waals surface area (Å²) in [6.45, 7) is 5.73. The van der Waals surface area contributed by atoms with Crippen molar-refractivity contribution in [2.24, 2.45) is 0 Å². The summed E-state index contributed by atoms with van der Waals surface area (Å²) in [6.07, 6.45) is 4.65. The largest absolute Gasteiger partial charge is 0.491 e. The van der Waals surface area contributed by atoms with Gasteiger partial charge in [-0.25, -0.2) is 22.8 Å². The van der Waals surface area contributed by atoms with Crippen LogP contribution in [0.4, 0.5) is 21.7 Å². The standard InChI is InChI=1S/C25H29FN4O3S/c1-17(2)33-20-6-4-18(5-7-20)19-10-12-30(13-11-19)25-15-24(27-16-28-25)29-23-9-8-21(14-22(23)26)34(3,31)32/h4-9,14-17,19H,10-13H2,1-3H3,(H,27,28,29). The summed E-state index contributed by atoms with van der Waals surface area (Å²) >= 11 is 0. The highest BCUT2D eigenvalue weighted by molar-refractivity contribution is 7.90. The Labute approximate surface area is 199 Å². The van der Waals surface area contributed by atoms with Crippen LogP contribution < -0.4 is 15.0 Å². The maximum atomic E-state index is 14.4. The first-order valence-electron chi connectivity index (χ1n) is 11.3. The monoisotopic (exact) mass is 484 g/mol. The van der Waals surface area contributed by atoms with E-state index in [-0.39, 0.29) is 16.7 Å². The summed E-state index contributed by atoms with van der Waals surface area (Å²) in [6, 6.07) is 13.9. The lowest BCUT2D eigenvalue weighted by Crippen LogP contribution is -2.33. The molecule has 1 aliphatic heterocycles. The summed E-state index contributed by atoms with van der Waals surface area (Å²) in [5.74, 6) is 1.92. The highest BCUT2D eigenvalue weighted by Gasteiger charge is 2.22. The molecule has 4 rings (SSSR count). The minimum Gasteiger partial charge on any atom is -0.491 e. The second-order valence-electron chi connectivity index (χ2n) is 8.80. The molecule has 7 nitrogen and oxygen atoms in total. The zero-order valence-electron chi connectivity index (χ0n) is 19.5. The third-order valence-corrected chi connectivity index (χ3v) is 6.94. The Kier molecular flexibility index (Phi) is 7.02. The number of halogens is 1. The number of ether oxygens (including phenoxy) is 1. The van der Waals surface area contributed by atoms with Gasteiger partial charge in [-0.2, -0.15) is 0 Å². The predicted octanol–water partition coefficient (Wildman–Crippen LogP) is 4.93. The van der Waals surface area contributed by atoms with Crippen LogP contribution in [0, 0.1) is 5.82 Å². The molecule has 0 amide bonds. The first-order valence-corrected chi connectivity index (χ1v) is 13.2. The lowest BCUT2D eigenvalue weighted by atomic mass is 9.89. The molecule has 2 heterocycles. The molecule has 0 atom stereocenters. The van der Waals surface area contributed by atoms with Crippen molar-refractivity contribution in [2.45, 2.75) is 43.6 Å². The molecular formula is C25H29FN4O3S. The molecule has 0 unspecified atom stereocenters. The number of piperidine rings is 1. The predicted molar refractivity (Wildman–Crippen MR) is 131 cm³/mol. The van der Waals surface area contributed by atoms with Gasteiger partial charge < -0.3 is 15.0 Å². The molecule has 2 aromatic carbocycles. The van der Waals surface area contributed by atoms with E-state index in [4.69, 9.17) is 4.74 Å². The molecule has 1 saturated heterocycles. The van der Waals surface area contributed by atoms with Gasteiger partial charge >= 0.3 is 0 Å². The van der Waals surface area contributed by atoms with Gasteiger partial charge in [0.05, 0.1) is 16.7 Å². The van der Waals surface area contributed by atoms with E-state index in [1.807, 2.05) is 26.0 Å². The number of anilines is 3. The van der Waals surface area contributed by atoms with Crippen LogP contribution in [-0.2, 0) is 9.84 Å². The summed E-state index contributed by atoms with van der Waals surface area (Å²) in [7, 11) is -3.47. The number of nitrogens with zero attached hydrogens (tertiary/aromatic N) is 3. The SMILES string of the molecule is CC(C)Oc1ccc(C2CCN(c3cc(Nc4ccc(S(C)(=O)=O)cc4F)ncn3)CC2)cc1. The summed E-state index contributed by atoms with van der Waals surface area (Å²) in [5, 5.41) is 2.92. The molecule has 3 aromatic rings. The van der Waals surface area contributed by atoms with Gasteiger partial charge in [-0.05, 0) is 68.5 Å². The Balaban J connectivity index is 1.39. The molecule has 0 aliphatic carbocycles. The smallest absolute Gasteiger partial charge is 0.175 e. The molecule has 1 aliphatic rings. The van der Waals surface area contributed by atoms with E-state index in [1.54, 1.807) is 6.07 Å². The molecule has 0 saturated carbocycles. The van der Waals surface area contributed by atoms with Crippen molar-refractivity contribution in [1.82, 2.24) is 9.97 Å². The fraction of sp³-hybridized carbons (Fsp3) is 0.360. The number of benzene rings is 2. The van der Waals surface area contributed by atoms with Crippen molar-refractivity contribution in [3.05, 3.63) is 66.2 Å². The molecule has 1 aromatic heterocycles. The van der Waals surface area contributed by atoms with E-state index in [1.165, 1.54) is 24.0 Å². The lowest BCUT2D eigenvalue weighted by Gasteiger charge is -2.33. The van der Waals surface area contributed by atoms with Crippen LogP contribution >= 0.6 is 0 Å². The summed E-state index contributed by atoms with van der Waals surface area (Å²) < 4.78 is 43.4. The highest BCUT2D eigenvalue weighted by atomic mass is 32.2. The molecule has 180 valence electrons. The third kappa shape index (κ3) is 5.83. The zero-order valence-corrected chi connectivity index (χ0v) is 20.3. The number of aromatic nitrogens is 2. The van der Waals surface area contributed by atoms with Crippen LogP contribution in [0.1, 0.15) is 38.2 Å². The van der Waals surface area contributed by atoms with Gasteiger partial charge in [0.15, 0.2) is 9.84 Å². The minimum absolute atomic E-state index is 0.0658. The Hall–Kier alpha value is -3.20. The van der Waals surface area contributed by atoms with Crippen LogP contribution in [0.5, 0.6) is 5.75 Å². The first kappa shape index (κ1) is 23.9. The lowest BCUT2D eigenvalue weighted by molar-refractivity contribution is 0.242. The molecule has 1 fully saturated rings. The number of hydrogen-bond acceptors (Lipinski definition) is 7. The molecule has 0 bridgehead atoms. The van der Waals surface area contributed by atoms with E-state index < -0.39 is 15.7 Å². The minimum atomic E-state index is -3.47. The second-order valence-corrected chi connectivity index (χ2v) is 10.8. The molecule has 1 N–H and O–H groups in total. The van der Waals surface area contributed by atoms with Crippen molar-refractivity contribution >= 4 is 27.2 Å². The van der Waals surface area contributed by atoms with Crippen molar-refractivity contribution in [1.29, 1.82) is 0 Å². The van der Waals surface area contributed by atoms with Gasteiger partial charge in [-0.3, -0.25) is 0 Å². The van der Waals surface area contributed by atoms with Crippen molar-refractivity contribution in [2.75, 3.05) is 29.6 Å². The number of nitrogens with one attached hydrogen (secondary N) is 1. The molecular weight excluding hydrogens is 455 g/mol. The van der Waals surface area contributed by atoms with Crippen molar-refractivity contribution in [3.63, 3.8) is 0 Å². The average molecular weight is 485 g/mol. The van der Waals surface area contributed by atoms with E-state index in [0.717, 1.165) is 49.8 Å². The Morgan fingerprint density at radius 1 is 1.06 bits per heavy atom. The summed E-state index contributed by atoms with van der Waals surface area (Å²) in [4.78, 5) is 10.7. The average Bonchev–Trinajstić information content (AvgIpc) is 2.80. The van der Waals surface area contributed by atoms with E-state index in [2.05, 4.69) is 32.3 Å². The van der Waals surface area contributed by atoms with Crippen LogP contribution in [-0.4, -0.2) is 43.8 Å². The van der Waals surface area contributed by atoms with Crippen LogP contribution in [0.2, 0.25) is 0 Å². The van der Waals surface area contributed by atoms with E-state index >= 15 is 0 Å². The molecule has 0 radical (unpaired) electrons.